The fraction of sp³-hybridized carbons (Fsp3) is 0.676. The van der Waals surface area contributed by atoms with E-state index in [1.165, 1.54) is 32.1 Å². The van der Waals surface area contributed by atoms with E-state index >= 15 is 0 Å². The Balaban J connectivity index is 4.28. The van der Waals surface area contributed by atoms with Crippen LogP contribution in [0.15, 0.2) is 60.8 Å². The number of allylic oxidation sites excluding steroid dienone is 9. The molecular weight excluding hydrogens is 565 g/mol. The van der Waals surface area contributed by atoms with Gasteiger partial charge in [-0.3, -0.25) is 13.8 Å². The predicted molar refractivity (Wildman–Crippen MR) is 178 cm³/mol. The lowest BCUT2D eigenvalue weighted by atomic mass is 10.1. The highest BCUT2D eigenvalue weighted by molar-refractivity contribution is 7.47. The number of unbranched alkanes of at least 4 members (excludes halogenated alkanes) is 7. The van der Waals surface area contributed by atoms with Gasteiger partial charge in [-0.15, -0.1) is 0 Å². The van der Waals surface area contributed by atoms with Crippen molar-refractivity contribution >= 4 is 13.8 Å². The van der Waals surface area contributed by atoms with E-state index in [1.807, 2.05) is 6.08 Å². The summed E-state index contributed by atoms with van der Waals surface area (Å²) in [6, 6.07) is 0. The topological polar surface area (TPSA) is 117 Å². The Morgan fingerprint density at radius 3 is 1.81 bits per heavy atom. The van der Waals surface area contributed by atoms with Gasteiger partial charge in [0, 0.05) is 13.0 Å². The first-order valence-electron chi connectivity index (χ1n) is 16.3. The van der Waals surface area contributed by atoms with Crippen molar-refractivity contribution in [2.45, 2.75) is 116 Å². The third-order valence-corrected chi connectivity index (χ3v) is 7.20. The van der Waals surface area contributed by atoms with Gasteiger partial charge in [-0.2, -0.15) is 0 Å². The number of hydrogen-bond donors (Lipinski definition) is 2. The molecule has 0 aromatic rings. The number of hydrogen-bond acceptors (Lipinski definition) is 7. The number of carbonyl (C=O) groups excluding carboxylic acids is 1. The van der Waals surface area contributed by atoms with Gasteiger partial charge in [0.15, 0.2) is 0 Å². The van der Waals surface area contributed by atoms with Crippen LogP contribution in [0.4, 0.5) is 0 Å². The summed E-state index contributed by atoms with van der Waals surface area (Å²) < 4.78 is 33.0. The molecule has 0 amide bonds. The van der Waals surface area contributed by atoms with Crippen LogP contribution in [0.5, 0.6) is 0 Å². The van der Waals surface area contributed by atoms with Crippen LogP contribution in [0, 0.1) is 0 Å². The summed E-state index contributed by atoms with van der Waals surface area (Å²) in [4.78, 5) is 22.2. The van der Waals surface area contributed by atoms with E-state index in [0.29, 0.717) is 19.4 Å². The normalized spacial score (nSPS) is 14.6. The molecule has 43 heavy (non-hydrogen) atoms. The molecule has 0 fully saturated rings. The van der Waals surface area contributed by atoms with Crippen molar-refractivity contribution in [2.24, 2.45) is 5.73 Å². The smallest absolute Gasteiger partial charge is 0.457 e. The number of carbonyl (C=O) groups is 1. The first kappa shape index (κ1) is 41.2. The van der Waals surface area contributed by atoms with Crippen LogP contribution in [0.3, 0.4) is 0 Å². The maximum atomic E-state index is 12.4. The molecule has 0 aromatic carbocycles. The van der Waals surface area contributed by atoms with E-state index in [-0.39, 0.29) is 32.3 Å². The number of phosphoric acid groups is 1. The number of phosphoric ester groups is 1. The van der Waals surface area contributed by atoms with Gasteiger partial charge in [-0.25, -0.2) is 4.57 Å². The quantitative estimate of drug-likeness (QED) is 0.0352. The zero-order valence-electron chi connectivity index (χ0n) is 26.9. The van der Waals surface area contributed by atoms with E-state index < -0.39 is 13.9 Å². The molecule has 0 heterocycles. The minimum atomic E-state index is -4.28. The van der Waals surface area contributed by atoms with Crippen molar-refractivity contribution in [3.8, 4) is 0 Å². The van der Waals surface area contributed by atoms with E-state index in [0.717, 1.165) is 51.4 Å². The summed E-state index contributed by atoms with van der Waals surface area (Å²) >= 11 is 0. The lowest BCUT2D eigenvalue weighted by Gasteiger charge is -2.19. The van der Waals surface area contributed by atoms with Crippen LogP contribution in [0.1, 0.15) is 110 Å². The van der Waals surface area contributed by atoms with E-state index in [1.54, 1.807) is 0 Å². The van der Waals surface area contributed by atoms with E-state index in [9.17, 15) is 14.3 Å². The summed E-state index contributed by atoms with van der Waals surface area (Å²) in [6.45, 7) is 4.50. The molecule has 2 unspecified atom stereocenters. The highest BCUT2D eigenvalue weighted by atomic mass is 31.2. The second-order valence-corrected chi connectivity index (χ2v) is 11.7. The molecular formula is C34H60NO7P. The number of ether oxygens (including phenoxy) is 2. The summed E-state index contributed by atoms with van der Waals surface area (Å²) in [7, 11) is -4.28. The molecule has 0 spiro atoms. The first-order chi connectivity index (χ1) is 20.9. The Labute approximate surface area is 262 Å². The minimum Gasteiger partial charge on any atom is -0.457 e. The maximum Gasteiger partial charge on any atom is 0.472 e. The van der Waals surface area contributed by atoms with Crippen LogP contribution in [-0.4, -0.2) is 49.9 Å². The zero-order valence-corrected chi connectivity index (χ0v) is 27.8. The van der Waals surface area contributed by atoms with Gasteiger partial charge in [-0.05, 0) is 44.9 Å². The van der Waals surface area contributed by atoms with E-state index in [4.69, 9.17) is 24.3 Å². The third kappa shape index (κ3) is 31.4. The molecule has 0 rings (SSSR count). The van der Waals surface area contributed by atoms with Crippen LogP contribution in [0.25, 0.3) is 0 Å². The first-order valence-corrected chi connectivity index (χ1v) is 17.8. The Hall–Kier alpha value is -1.80. The maximum absolute atomic E-state index is 12.4. The SMILES string of the molecule is CC/C=C\C/C=C\C/C=C\C/C=C\C/C=C\CCOCC(COP(=O)(O)OCCN)OC(=O)CCCCCCCCCC. The van der Waals surface area contributed by atoms with Gasteiger partial charge in [0.2, 0.25) is 0 Å². The van der Waals surface area contributed by atoms with Gasteiger partial charge in [0.1, 0.15) is 6.10 Å². The van der Waals surface area contributed by atoms with Gasteiger partial charge < -0.3 is 20.1 Å². The van der Waals surface area contributed by atoms with Gasteiger partial charge in [0.25, 0.3) is 0 Å². The average Bonchev–Trinajstić information content (AvgIpc) is 2.99. The third-order valence-electron chi connectivity index (χ3n) is 6.22. The lowest BCUT2D eigenvalue weighted by Crippen LogP contribution is -2.28. The Kier molecular flexibility index (Phi) is 30.3. The second kappa shape index (κ2) is 31.6. The molecule has 0 bridgehead atoms. The van der Waals surface area contributed by atoms with Gasteiger partial charge in [0.05, 0.1) is 26.4 Å². The van der Waals surface area contributed by atoms with Crippen molar-refractivity contribution < 1.29 is 32.8 Å². The summed E-state index contributed by atoms with van der Waals surface area (Å²) in [6.07, 6.45) is 35.5. The van der Waals surface area contributed by atoms with Crippen molar-refractivity contribution in [1.29, 1.82) is 0 Å². The van der Waals surface area contributed by atoms with Gasteiger partial charge in [-0.1, -0.05) is 120 Å². The largest absolute Gasteiger partial charge is 0.472 e. The molecule has 0 aliphatic carbocycles. The van der Waals surface area contributed by atoms with E-state index in [2.05, 4.69) is 68.5 Å². The molecule has 9 heteroatoms. The standard InChI is InChI=1S/C34H60NO7P/c1-3-5-7-9-11-13-14-15-16-17-18-19-20-22-24-26-29-39-31-33(32-41-43(37,38)40-30-28-35)42-34(36)27-25-23-21-12-10-8-6-4-2/h5,7,11,13,15-16,18-19,22,24,33H,3-4,6,8-10,12,14,17,20-21,23,25-32,35H2,1-2H3,(H,37,38)/b7-5-,13-11-,16-15-,19-18-,24-22-. The zero-order chi connectivity index (χ0) is 31.7. The molecule has 0 saturated heterocycles. The molecule has 2 atom stereocenters. The van der Waals surface area contributed by atoms with Crippen LogP contribution >= 0.6 is 7.82 Å². The van der Waals surface area contributed by atoms with Crippen LogP contribution in [0.2, 0.25) is 0 Å². The summed E-state index contributed by atoms with van der Waals surface area (Å²) in [5.74, 6) is -0.364. The molecule has 0 aliphatic heterocycles. The van der Waals surface area contributed by atoms with Gasteiger partial charge >= 0.3 is 13.8 Å². The Bertz CT molecular complexity index is 839. The van der Waals surface area contributed by atoms with Crippen molar-refractivity contribution in [2.75, 3.05) is 33.0 Å². The van der Waals surface area contributed by atoms with Crippen LogP contribution < -0.4 is 5.73 Å². The molecule has 0 aromatic heterocycles. The minimum absolute atomic E-state index is 0.0603. The second-order valence-electron chi connectivity index (χ2n) is 10.3. The van der Waals surface area contributed by atoms with Crippen LogP contribution in [-0.2, 0) is 27.9 Å². The van der Waals surface area contributed by atoms with Crippen molar-refractivity contribution in [3.63, 3.8) is 0 Å². The average molecular weight is 626 g/mol. The fourth-order valence-corrected chi connectivity index (χ4v) is 4.65. The fourth-order valence-electron chi connectivity index (χ4n) is 3.88. The lowest BCUT2D eigenvalue weighted by molar-refractivity contribution is -0.154. The Morgan fingerprint density at radius 2 is 1.26 bits per heavy atom. The predicted octanol–water partition coefficient (Wildman–Crippen LogP) is 8.68. The highest BCUT2D eigenvalue weighted by Gasteiger charge is 2.25. The summed E-state index contributed by atoms with van der Waals surface area (Å²) in [5, 5.41) is 0. The number of nitrogens with two attached hydrogens (primary N) is 1. The molecule has 248 valence electrons. The molecule has 8 nitrogen and oxygen atoms in total. The monoisotopic (exact) mass is 625 g/mol. The molecule has 3 N–H and O–H groups in total. The number of rotatable bonds is 30. The molecule has 0 aliphatic rings. The Morgan fingerprint density at radius 1 is 0.721 bits per heavy atom. The van der Waals surface area contributed by atoms with Crippen molar-refractivity contribution in [1.82, 2.24) is 0 Å². The summed E-state index contributed by atoms with van der Waals surface area (Å²) in [5.41, 5.74) is 5.32. The molecule has 0 radical (unpaired) electrons. The van der Waals surface area contributed by atoms with Crippen molar-refractivity contribution in [3.05, 3.63) is 60.8 Å². The highest BCUT2D eigenvalue weighted by Crippen LogP contribution is 2.43. The molecule has 0 saturated carbocycles. The number of esters is 1.